The Labute approximate surface area is 464 Å². The lowest BCUT2D eigenvalue weighted by Crippen LogP contribution is -2.15. The molecule has 3 atom stereocenters. The molecule has 80 heavy (non-hydrogen) atoms. The van der Waals surface area contributed by atoms with E-state index in [1.807, 2.05) is 125 Å². The van der Waals surface area contributed by atoms with Crippen molar-refractivity contribution in [2.75, 3.05) is 0 Å². The molecule has 3 fully saturated rings. The number of aromatic nitrogens is 6. The molecule has 3 aromatic heterocycles. The number of hydrogen-bond acceptors (Lipinski definition) is 11. The number of rotatable bonds is 15. The van der Waals surface area contributed by atoms with Crippen molar-refractivity contribution < 1.29 is 39.3 Å². The Kier molecular flexibility index (Phi) is 16.9. The molecule has 14 heteroatoms. The minimum absolute atomic E-state index is 0.0177. The summed E-state index contributed by atoms with van der Waals surface area (Å²) in [6.07, 6.45) is 10.3. The Morgan fingerprint density at radius 3 is 1.38 bits per heavy atom. The van der Waals surface area contributed by atoms with Gasteiger partial charge in [-0.2, -0.15) is 0 Å². The van der Waals surface area contributed by atoms with Gasteiger partial charge in [-0.25, -0.2) is 15.0 Å². The second-order valence-corrected chi connectivity index (χ2v) is 20.9. The number of carbonyl (C=O) groups is 5. The van der Waals surface area contributed by atoms with Crippen molar-refractivity contribution in [2.24, 2.45) is 11.8 Å². The molecule has 6 aromatic carbocycles. The van der Waals surface area contributed by atoms with Crippen molar-refractivity contribution in [1.29, 1.82) is 0 Å². The fourth-order valence-electron chi connectivity index (χ4n) is 11.2. The second kappa shape index (κ2) is 25.0. The van der Waals surface area contributed by atoms with Gasteiger partial charge in [-0.3, -0.25) is 24.0 Å². The average Bonchev–Trinajstić information content (AvgIpc) is 4.33. The predicted octanol–water partition coefficient (Wildman–Crippen LogP) is 10.9. The molecule has 3 aliphatic rings. The molecule has 3 aliphatic carbocycles. The fraction of sp³-hybridized carbons (Fsp3) is 0.242. The van der Waals surface area contributed by atoms with E-state index in [0.717, 1.165) is 80.4 Å². The van der Waals surface area contributed by atoms with Gasteiger partial charge in [0, 0.05) is 86.1 Å². The Bertz CT molecular complexity index is 3660. The molecule has 3 heterocycles. The largest absolute Gasteiger partial charge is 0.508 e. The van der Waals surface area contributed by atoms with Crippen LogP contribution in [0.3, 0.4) is 0 Å². The molecule has 404 valence electrons. The topological polar surface area (TPSA) is 199 Å². The van der Waals surface area contributed by atoms with Crippen LogP contribution in [0.15, 0.2) is 183 Å². The Morgan fingerprint density at radius 2 is 0.887 bits per heavy atom. The van der Waals surface area contributed by atoms with Crippen LogP contribution in [0.4, 0.5) is 0 Å². The van der Waals surface area contributed by atoms with Crippen LogP contribution in [-0.2, 0) is 62.9 Å². The highest BCUT2D eigenvalue weighted by atomic mass is 16.3. The molecule has 3 unspecified atom stereocenters. The van der Waals surface area contributed by atoms with Gasteiger partial charge in [-0.05, 0) is 77.9 Å². The lowest BCUT2D eigenvalue weighted by molar-refractivity contribution is -0.124. The van der Waals surface area contributed by atoms with E-state index in [4.69, 9.17) is 0 Å². The van der Waals surface area contributed by atoms with Crippen LogP contribution in [-0.4, -0.2) is 72.9 Å². The second-order valence-electron chi connectivity index (χ2n) is 20.9. The van der Waals surface area contributed by atoms with Crippen LogP contribution >= 0.6 is 0 Å². The van der Waals surface area contributed by atoms with E-state index >= 15 is 0 Å². The number of benzene rings is 6. The predicted molar refractivity (Wildman–Crippen MR) is 303 cm³/mol. The summed E-state index contributed by atoms with van der Waals surface area (Å²) in [6, 6.07) is 51.4. The van der Waals surface area contributed by atoms with Crippen LogP contribution in [0, 0.1) is 11.8 Å². The van der Waals surface area contributed by atoms with Crippen molar-refractivity contribution in [3.05, 3.63) is 228 Å². The zero-order valence-electron chi connectivity index (χ0n) is 44.3. The molecule has 14 nitrogen and oxygen atoms in total. The quantitative estimate of drug-likeness (QED) is 0.0825. The highest BCUT2D eigenvalue weighted by Gasteiger charge is 2.35. The third-order valence-corrected chi connectivity index (χ3v) is 15.1. The Hall–Kier alpha value is -9.30. The van der Waals surface area contributed by atoms with E-state index in [9.17, 15) is 39.3 Å². The van der Waals surface area contributed by atoms with Gasteiger partial charge in [-0.15, -0.1) is 0 Å². The molecule has 0 saturated heterocycles. The first-order valence-corrected chi connectivity index (χ1v) is 27.1. The normalized spacial score (nSPS) is 16.9. The number of imidazole rings is 3. The molecule has 9 aromatic rings. The third-order valence-electron chi connectivity index (χ3n) is 15.1. The van der Waals surface area contributed by atoms with E-state index in [-0.39, 0.29) is 71.0 Å². The van der Waals surface area contributed by atoms with Crippen LogP contribution in [0.25, 0.3) is 22.5 Å². The molecule has 0 bridgehead atoms. The van der Waals surface area contributed by atoms with Crippen molar-refractivity contribution in [1.82, 2.24) is 28.7 Å². The lowest BCUT2D eigenvalue weighted by Gasteiger charge is -2.15. The van der Waals surface area contributed by atoms with Gasteiger partial charge < -0.3 is 29.0 Å². The molecule has 0 aliphatic heterocycles. The third kappa shape index (κ3) is 13.3. The smallest absolute Gasteiger partial charge is 0.144 e. The van der Waals surface area contributed by atoms with Crippen LogP contribution in [0.2, 0.25) is 0 Å². The number of Topliss-reactive ketones (excluding diaryl/α,β-unsaturated/α-hetero) is 5. The van der Waals surface area contributed by atoms with Crippen molar-refractivity contribution >= 4 is 28.9 Å². The summed E-state index contributed by atoms with van der Waals surface area (Å²) in [5, 5.41) is 29.2. The maximum atomic E-state index is 12.4. The first-order chi connectivity index (χ1) is 38.9. The van der Waals surface area contributed by atoms with Gasteiger partial charge in [0.2, 0.25) is 0 Å². The zero-order valence-corrected chi connectivity index (χ0v) is 44.3. The fourth-order valence-corrected chi connectivity index (χ4v) is 11.2. The van der Waals surface area contributed by atoms with E-state index in [1.165, 1.54) is 0 Å². The van der Waals surface area contributed by atoms with E-state index in [1.54, 1.807) is 55.1 Å². The molecule has 3 N–H and O–H groups in total. The molecular weight excluding hydrogens is 1000 g/mol. The van der Waals surface area contributed by atoms with Crippen molar-refractivity contribution in [3.63, 3.8) is 0 Å². The number of hydrogen-bond donors (Lipinski definition) is 3. The molecule has 0 amide bonds. The molecule has 0 radical (unpaired) electrons. The lowest BCUT2D eigenvalue weighted by atomic mass is 9.97. The Morgan fingerprint density at radius 1 is 0.450 bits per heavy atom. The highest BCUT2D eigenvalue weighted by Crippen LogP contribution is 2.38. The first-order valence-electron chi connectivity index (χ1n) is 27.1. The minimum Gasteiger partial charge on any atom is -0.508 e. The summed E-state index contributed by atoms with van der Waals surface area (Å²) in [6.45, 7) is 1.69. The van der Waals surface area contributed by atoms with Crippen LogP contribution in [0.5, 0.6) is 17.2 Å². The maximum absolute atomic E-state index is 12.4. The number of nitrogens with zero attached hydrogens (tertiary/aromatic N) is 6. The number of phenols is 3. The molecule has 3 saturated carbocycles. The molecular formula is C66H62N6O8. The Balaban J connectivity index is 0.000000135. The molecule has 12 rings (SSSR count). The minimum atomic E-state index is -0.278. The van der Waals surface area contributed by atoms with Crippen LogP contribution in [0.1, 0.15) is 95.9 Å². The maximum Gasteiger partial charge on any atom is 0.144 e. The summed E-state index contributed by atoms with van der Waals surface area (Å²) in [7, 11) is 0. The number of ketones is 5. The van der Waals surface area contributed by atoms with Gasteiger partial charge in [0.15, 0.2) is 0 Å². The van der Waals surface area contributed by atoms with Gasteiger partial charge in [0.1, 0.15) is 46.2 Å². The summed E-state index contributed by atoms with van der Waals surface area (Å²) >= 11 is 0. The van der Waals surface area contributed by atoms with E-state index in [0.29, 0.717) is 63.9 Å². The van der Waals surface area contributed by atoms with Gasteiger partial charge >= 0.3 is 0 Å². The standard InChI is InChI=1S/C23H22N2O3.C22H20N2O3.C21H20N2O2/c26-19-8-4-7-17(9-19)14-25-15-24-21(10-16-5-2-1-3-6-16)22(25)12-18-11-20(27)13-23(18)28;25-18-8-4-5-15(9-18)13-24-14-23-22(16-6-2-1-3-7-16)20(24)11-17-10-19(26)12-21(17)27;24-17-9-4-6-15(12-17)13-23-14-22-20(16-7-2-1-3-8-16)21(23)18-10-5-11-19(18)25/h1-9,15,18,26H,10-14H2;1-9,14,17,25H,10-13H2;1-4,6-9,12,14,18,24H,5,10-11,13H2. The summed E-state index contributed by atoms with van der Waals surface area (Å²) in [5.41, 5.74) is 11.6. The van der Waals surface area contributed by atoms with Crippen molar-refractivity contribution in [3.8, 4) is 39.8 Å². The number of carbonyl (C=O) groups excluding carboxylic acids is 5. The number of aromatic hydroxyl groups is 3. The average molecular weight is 1070 g/mol. The van der Waals surface area contributed by atoms with Crippen LogP contribution < -0.4 is 0 Å². The zero-order chi connectivity index (χ0) is 55.5. The van der Waals surface area contributed by atoms with Gasteiger partial charge in [0.25, 0.3) is 0 Å². The van der Waals surface area contributed by atoms with Crippen molar-refractivity contribution in [2.45, 2.75) is 89.8 Å². The monoisotopic (exact) mass is 1070 g/mol. The van der Waals surface area contributed by atoms with E-state index in [2.05, 4.69) is 31.7 Å². The summed E-state index contributed by atoms with van der Waals surface area (Å²) < 4.78 is 6.10. The van der Waals surface area contributed by atoms with E-state index < -0.39 is 0 Å². The highest BCUT2D eigenvalue weighted by molar-refractivity contribution is 6.07. The summed E-state index contributed by atoms with van der Waals surface area (Å²) in [5.74, 6) is 0.452. The number of phenolic OH excluding ortho intramolecular Hbond substituents is 3. The summed E-state index contributed by atoms with van der Waals surface area (Å²) in [4.78, 5) is 74.1. The first kappa shape index (κ1) is 54.1. The van der Waals surface area contributed by atoms with Gasteiger partial charge in [-0.1, -0.05) is 127 Å². The SMILES string of the molecule is O=C1CC(=O)C(Cc2c(-c3ccccc3)ncn2Cc2cccc(O)c2)C1.O=C1CC(=O)C(Cc2c(Cc3ccccc3)ncn2Cc2cccc(O)c2)C1.O=C1CCCC1c1c(-c2ccccc2)ncn1Cc1cccc(O)c1. The molecule has 0 spiro atoms. The van der Waals surface area contributed by atoms with Gasteiger partial charge in [0.05, 0.1) is 60.5 Å².